The number of rotatable bonds is 5. The maximum Gasteiger partial charge on any atom is 0.124 e. The Morgan fingerprint density at radius 2 is 2.06 bits per heavy atom. The lowest BCUT2D eigenvalue weighted by molar-refractivity contribution is 0.0828. The van der Waals surface area contributed by atoms with E-state index in [0.29, 0.717) is 23.7 Å². The van der Waals surface area contributed by atoms with Gasteiger partial charge in [0.25, 0.3) is 0 Å². The van der Waals surface area contributed by atoms with E-state index in [4.69, 9.17) is 14.7 Å². The van der Waals surface area contributed by atoms with Gasteiger partial charge in [-0.05, 0) is 30.7 Å². The molecular formula is C14H17NO2S. The second-order valence-corrected chi connectivity index (χ2v) is 5.13. The molecule has 0 unspecified atom stereocenters. The van der Waals surface area contributed by atoms with Crippen LogP contribution in [0, 0.1) is 16.7 Å². The molecule has 0 N–H and O–H groups in total. The highest BCUT2D eigenvalue weighted by Crippen LogP contribution is 2.42. The van der Waals surface area contributed by atoms with Gasteiger partial charge in [0.1, 0.15) is 11.5 Å². The molecule has 2 rings (SSSR count). The number of hydrogen-bond donors (Lipinski definition) is 1. The molecule has 4 heteroatoms. The molecule has 0 amide bonds. The lowest BCUT2D eigenvalue weighted by Gasteiger charge is -2.40. The SMILES string of the molecule is COc1cc(C#N)cc(OCC2(CS)CCC2)c1. The van der Waals surface area contributed by atoms with E-state index in [9.17, 15) is 0 Å². The van der Waals surface area contributed by atoms with Gasteiger partial charge in [-0.3, -0.25) is 0 Å². The zero-order valence-corrected chi connectivity index (χ0v) is 11.4. The zero-order chi connectivity index (χ0) is 13.0. The van der Waals surface area contributed by atoms with Crippen LogP contribution in [0.4, 0.5) is 0 Å². The molecule has 0 atom stereocenters. The van der Waals surface area contributed by atoms with Crippen LogP contribution in [0.2, 0.25) is 0 Å². The van der Waals surface area contributed by atoms with Gasteiger partial charge in [-0.15, -0.1) is 0 Å². The predicted octanol–water partition coefficient (Wildman–Crippen LogP) is 3.05. The number of benzene rings is 1. The summed E-state index contributed by atoms with van der Waals surface area (Å²) in [6.45, 7) is 0.661. The zero-order valence-electron chi connectivity index (χ0n) is 10.5. The quantitative estimate of drug-likeness (QED) is 0.830. The van der Waals surface area contributed by atoms with E-state index in [1.54, 1.807) is 19.2 Å². The fourth-order valence-electron chi connectivity index (χ4n) is 2.10. The molecule has 0 spiro atoms. The van der Waals surface area contributed by atoms with E-state index < -0.39 is 0 Å². The smallest absolute Gasteiger partial charge is 0.124 e. The molecule has 1 aliphatic rings. The lowest BCUT2D eigenvalue weighted by Crippen LogP contribution is -2.37. The number of ether oxygens (including phenoxy) is 2. The third-order valence-corrected chi connectivity index (χ3v) is 4.21. The third-order valence-electron chi connectivity index (χ3n) is 3.54. The molecule has 0 aliphatic heterocycles. The molecule has 96 valence electrons. The van der Waals surface area contributed by atoms with Crippen molar-refractivity contribution in [1.29, 1.82) is 5.26 Å². The number of hydrogen-bond acceptors (Lipinski definition) is 4. The van der Waals surface area contributed by atoms with Gasteiger partial charge in [-0.25, -0.2) is 0 Å². The number of methoxy groups -OCH3 is 1. The molecule has 0 radical (unpaired) electrons. The number of nitrogens with zero attached hydrogens (tertiary/aromatic N) is 1. The molecule has 0 heterocycles. The summed E-state index contributed by atoms with van der Waals surface area (Å²) in [5, 5.41) is 8.94. The van der Waals surface area contributed by atoms with E-state index in [0.717, 1.165) is 5.75 Å². The number of thiol groups is 1. The average molecular weight is 263 g/mol. The van der Waals surface area contributed by atoms with E-state index in [-0.39, 0.29) is 5.41 Å². The maximum atomic E-state index is 8.94. The van der Waals surface area contributed by atoms with Crippen LogP contribution < -0.4 is 9.47 Å². The highest BCUT2D eigenvalue weighted by atomic mass is 32.1. The summed E-state index contributed by atoms with van der Waals surface area (Å²) in [6.07, 6.45) is 3.60. The molecule has 1 fully saturated rings. The van der Waals surface area contributed by atoms with Crippen LogP contribution in [-0.4, -0.2) is 19.5 Å². The van der Waals surface area contributed by atoms with Crippen LogP contribution in [0.3, 0.4) is 0 Å². The van der Waals surface area contributed by atoms with Crippen LogP contribution in [0.15, 0.2) is 18.2 Å². The van der Waals surface area contributed by atoms with Crippen molar-refractivity contribution in [3.8, 4) is 17.6 Å². The van der Waals surface area contributed by atoms with E-state index in [2.05, 4.69) is 18.7 Å². The number of nitriles is 1. The molecule has 3 nitrogen and oxygen atoms in total. The molecule has 1 aromatic rings. The minimum atomic E-state index is 0.221. The van der Waals surface area contributed by atoms with Crippen LogP contribution in [-0.2, 0) is 0 Å². The van der Waals surface area contributed by atoms with Gasteiger partial charge in [0, 0.05) is 11.5 Å². The van der Waals surface area contributed by atoms with Crippen molar-refractivity contribution < 1.29 is 9.47 Å². The van der Waals surface area contributed by atoms with Gasteiger partial charge in [-0.2, -0.15) is 17.9 Å². The summed E-state index contributed by atoms with van der Waals surface area (Å²) >= 11 is 4.40. The molecule has 0 aromatic heterocycles. The van der Waals surface area contributed by atoms with Crippen molar-refractivity contribution in [2.24, 2.45) is 5.41 Å². The fraction of sp³-hybridized carbons (Fsp3) is 0.500. The Hall–Kier alpha value is -1.34. The van der Waals surface area contributed by atoms with Gasteiger partial charge in [0.2, 0.25) is 0 Å². The van der Waals surface area contributed by atoms with E-state index in [1.165, 1.54) is 19.3 Å². The molecule has 1 saturated carbocycles. The molecular weight excluding hydrogens is 246 g/mol. The molecule has 18 heavy (non-hydrogen) atoms. The van der Waals surface area contributed by atoms with E-state index >= 15 is 0 Å². The van der Waals surface area contributed by atoms with Crippen LogP contribution in [0.25, 0.3) is 0 Å². The van der Waals surface area contributed by atoms with Crippen molar-refractivity contribution in [3.63, 3.8) is 0 Å². The molecule has 0 saturated heterocycles. The molecule has 0 bridgehead atoms. The topological polar surface area (TPSA) is 42.2 Å². The van der Waals surface area contributed by atoms with Crippen LogP contribution >= 0.6 is 12.6 Å². The monoisotopic (exact) mass is 263 g/mol. The first kappa shape index (κ1) is 13.1. The van der Waals surface area contributed by atoms with Crippen molar-refractivity contribution >= 4 is 12.6 Å². The highest BCUT2D eigenvalue weighted by molar-refractivity contribution is 7.80. The summed E-state index contributed by atoms with van der Waals surface area (Å²) in [4.78, 5) is 0. The first-order chi connectivity index (χ1) is 8.71. The summed E-state index contributed by atoms with van der Waals surface area (Å²) in [7, 11) is 1.58. The third kappa shape index (κ3) is 2.73. The van der Waals surface area contributed by atoms with Gasteiger partial charge < -0.3 is 9.47 Å². The average Bonchev–Trinajstić information content (AvgIpc) is 2.37. The van der Waals surface area contributed by atoms with Gasteiger partial charge in [0.05, 0.1) is 25.3 Å². The first-order valence-electron chi connectivity index (χ1n) is 6.04. The van der Waals surface area contributed by atoms with Gasteiger partial charge in [-0.1, -0.05) is 6.42 Å². The van der Waals surface area contributed by atoms with Crippen molar-refractivity contribution in [3.05, 3.63) is 23.8 Å². The minimum absolute atomic E-state index is 0.221. The minimum Gasteiger partial charge on any atom is -0.497 e. The Labute approximate surface area is 113 Å². The Morgan fingerprint density at radius 1 is 1.33 bits per heavy atom. The van der Waals surface area contributed by atoms with Crippen LogP contribution in [0.5, 0.6) is 11.5 Å². The molecule has 1 aromatic carbocycles. The Bertz CT molecular complexity index is 458. The van der Waals surface area contributed by atoms with Gasteiger partial charge >= 0.3 is 0 Å². The Morgan fingerprint density at radius 3 is 2.56 bits per heavy atom. The Kier molecular flexibility index (Phi) is 4.03. The van der Waals surface area contributed by atoms with Crippen LogP contribution in [0.1, 0.15) is 24.8 Å². The summed E-state index contributed by atoms with van der Waals surface area (Å²) in [5.41, 5.74) is 0.775. The second-order valence-electron chi connectivity index (χ2n) is 4.81. The standard InChI is InChI=1S/C14H17NO2S/c1-16-12-5-11(8-15)6-13(7-12)17-9-14(10-18)3-2-4-14/h5-7,18H,2-4,9-10H2,1H3. The fourth-order valence-corrected chi connectivity index (χ4v) is 2.51. The summed E-state index contributed by atoms with van der Waals surface area (Å²) in [5.74, 6) is 2.19. The van der Waals surface area contributed by atoms with Crippen molar-refractivity contribution in [2.75, 3.05) is 19.5 Å². The summed E-state index contributed by atoms with van der Waals surface area (Å²) < 4.78 is 11.0. The summed E-state index contributed by atoms with van der Waals surface area (Å²) in [6, 6.07) is 7.36. The predicted molar refractivity (Wildman–Crippen MR) is 73.3 cm³/mol. The normalized spacial score (nSPS) is 16.5. The van der Waals surface area contributed by atoms with Crippen molar-refractivity contribution in [2.45, 2.75) is 19.3 Å². The van der Waals surface area contributed by atoms with Gasteiger partial charge in [0.15, 0.2) is 0 Å². The second kappa shape index (κ2) is 5.53. The molecule has 1 aliphatic carbocycles. The highest BCUT2D eigenvalue weighted by Gasteiger charge is 2.36. The Balaban J connectivity index is 2.07. The first-order valence-corrected chi connectivity index (χ1v) is 6.67. The maximum absolute atomic E-state index is 8.94. The van der Waals surface area contributed by atoms with Crippen molar-refractivity contribution in [1.82, 2.24) is 0 Å². The largest absolute Gasteiger partial charge is 0.497 e. The lowest BCUT2D eigenvalue weighted by atomic mass is 9.71. The van der Waals surface area contributed by atoms with E-state index in [1.807, 2.05) is 6.07 Å².